The quantitative estimate of drug-likeness (QED) is 0.597. The van der Waals surface area contributed by atoms with Crippen LogP contribution in [0.5, 0.6) is 0 Å². The number of amides is 4. The summed E-state index contributed by atoms with van der Waals surface area (Å²) in [6.45, 7) is 1.13. The summed E-state index contributed by atoms with van der Waals surface area (Å²) in [7, 11) is 0. The van der Waals surface area contributed by atoms with Crippen molar-refractivity contribution in [3.63, 3.8) is 0 Å². The first-order valence-electron chi connectivity index (χ1n) is 10.1. The number of nitrogens with zero attached hydrogens (tertiary/aromatic N) is 3. The highest BCUT2D eigenvalue weighted by Gasteiger charge is 2.51. The number of carbonyl (C=O) groups excluding carboxylic acids is 3. The van der Waals surface area contributed by atoms with Gasteiger partial charge in [0.2, 0.25) is 5.91 Å². The van der Waals surface area contributed by atoms with E-state index in [-0.39, 0.29) is 0 Å². The van der Waals surface area contributed by atoms with Crippen LogP contribution >= 0.6 is 0 Å². The van der Waals surface area contributed by atoms with Crippen LogP contribution in [0.15, 0.2) is 59.2 Å². The number of hydrogen-bond donors (Lipinski definition) is 2. The number of carbonyl (C=O) groups is 3. The van der Waals surface area contributed by atoms with Crippen LogP contribution in [0.3, 0.4) is 0 Å². The van der Waals surface area contributed by atoms with Gasteiger partial charge in [-0.05, 0) is 44.0 Å². The van der Waals surface area contributed by atoms with E-state index in [9.17, 15) is 14.4 Å². The number of benzene rings is 1. The van der Waals surface area contributed by atoms with Crippen molar-refractivity contribution in [2.45, 2.75) is 31.2 Å². The molecule has 3 heterocycles. The van der Waals surface area contributed by atoms with Crippen LogP contribution in [0.2, 0.25) is 0 Å². The molecule has 1 aliphatic carbocycles. The first-order valence-corrected chi connectivity index (χ1v) is 10.1. The average Bonchev–Trinajstić information content (AvgIpc) is 3.20. The van der Waals surface area contributed by atoms with E-state index in [0.717, 1.165) is 29.1 Å². The van der Waals surface area contributed by atoms with Gasteiger partial charge in [0.1, 0.15) is 18.1 Å². The Morgan fingerprint density at radius 1 is 1.23 bits per heavy atom. The van der Waals surface area contributed by atoms with Crippen molar-refractivity contribution in [3.8, 4) is 5.69 Å². The third-order valence-electron chi connectivity index (χ3n) is 5.58. The fourth-order valence-corrected chi connectivity index (χ4v) is 3.73. The van der Waals surface area contributed by atoms with Crippen LogP contribution in [-0.4, -0.2) is 39.1 Å². The number of rotatable bonds is 6. The smallest absolute Gasteiger partial charge is 0.325 e. The number of imide groups is 1. The number of hydrogen-bond acceptors (Lipinski definition) is 5. The van der Waals surface area contributed by atoms with Crippen molar-refractivity contribution in [3.05, 3.63) is 66.2 Å². The van der Waals surface area contributed by atoms with Crippen LogP contribution in [0.4, 0.5) is 10.6 Å². The molecule has 1 aromatic carbocycles. The summed E-state index contributed by atoms with van der Waals surface area (Å²) < 4.78 is 6.98. The Hall–Kier alpha value is -3.88. The molecule has 158 valence electrons. The minimum Gasteiger partial charge on any atom is -0.466 e. The lowest BCUT2D eigenvalue weighted by Crippen LogP contribution is -2.42. The Morgan fingerprint density at radius 2 is 2.00 bits per heavy atom. The van der Waals surface area contributed by atoms with Crippen LogP contribution in [0, 0.1) is 0 Å². The molecule has 2 aromatic heterocycles. The van der Waals surface area contributed by atoms with Gasteiger partial charge >= 0.3 is 6.03 Å². The van der Waals surface area contributed by atoms with E-state index in [0.29, 0.717) is 17.5 Å². The van der Waals surface area contributed by atoms with E-state index < -0.39 is 29.9 Å². The van der Waals surface area contributed by atoms with Gasteiger partial charge in [-0.3, -0.25) is 14.5 Å². The summed E-state index contributed by atoms with van der Waals surface area (Å²) in [6, 6.07) is 13.9. The minimum atomic E-state index is -1.34. The topological polar surface area (TPSA) is 109 Å². The van der Waals surface area contributed by atoms with Gasteiger partial charge < -0.3 is 15.1 Å². The molecule has 1 aliphatic heterocycles. The van der Waals surface area contributed by atoms with Gasteiger partial charge in [-0.2, -0.15) is 5.10 Å². The lowest BCUT2D eigenvalue weighted by molar-refractivity contribution is -0.134. The molecule has 1 saturated heterocycles. The fraction of sp³-hybridized carbons (Fsp3) is 0.273. The molecular formula is C22H21N5O4. The molecule has 9 heteroatoms. The third-order valence-corrected chi connectivity index (χ3v) is 5.58. The molecule has 0 bridgehead atoms. The Balaban J connectivity index is 1.35. The zero-order valence-corrected chi connectivity index (χ0v) is 16.9. The Morgan fingerprint density at radius 3 is 2.68 bits per heavy atom. The minimum absolute atomic E-state index is 0.310. The second-order valence-corrected chi connectivity index (χ2v) is 7.95. The summed E-state index contributed by atoms with van der Waals surface area (Å²) in [5, 5.41) is 10.1. The Labute approximate surface area is 178 Å². The van der Waals surface area contributed by atoms with Gasteiger partial charge in [-0.15, -0.1) is 0 Å². The van der Waals surface area contributed by atoms with Crippen LogP contribution in [-0.2, 0) is 15.1 Å². The van der Waals surface area contributed by atoms with Gasteiger partial charge in [0.25, 0.3) is 5.91 Å². The molecule has 31 heavy (non-hydrogen) atoms. The van der Waals surface area contributed by atoms with Gasteiger partial charge in [-0.1, -0.05) is 18.2 Å². The molecule has 1 saturated carbocycles. The van der Waals surface area contributed by atoms with E-state index >= 15 is 0 Å². The van der Waals surface area contributed by atoms with E-state index in [1.165, 1.54) is 6.26 Å². The van der Waals surface area contributed by atoms with Crippen molar-refractivity contribution in [1.82, 2.24) is 20.0 Å². The first-order chi connectivity index (χ1) is 15.0. The number of anilines is 1. The van der Waals surface area contributed by atoms with Gasteiger partial charge in [0.15, 0.2) is 5.54 Å². The monoisotopic (exact) mass is 419 g/mol. The number of urea groups is 1. The molecule has 0 unspecified atom stereocenters. The summed E-state index contributed by atoms with van der Waals surface area (Å²) >= 11 is 0. The predicted octanol–water partition coefficient (Wildman–Crippen LogP) is 2.75. The molecule has 2 N–H and O–H groups in total. The second-order valence-electron chi connectivity index (χ2n) is 7.95. The highest BCUT2D eigenvalue weighted by molar-refractivity contribution is 6.09. The standard InChI is InChI=1S/C22H21N5O4/c1-22(17-8-5-11-31-17)20(29)26(21(30)24-22)13-19(28)23-18-12-16(14-9-10-14)25-27(18)15-6-3-2-4-7-15/h2-8,11-12,14H,9-10,13H2,1H3,(H,23,28)(H,24,30)/t22-/m1/s1. The third kappa shape index (κ3) is 3.37. The lowest BCUT2D eigenvalue weighted by Gasteiger charge is -2.18. The number of aromatic nitrogens is 2. The van der Waals surface area contributed by atoms with E-state index in [4.69, 9.17) is 4.42 Å². The van der Waals surface area contributed by atoms with E-state index in [1.54, 1.807) is 23.7 Å². The van der Waals surface area contributed by atoms with Crippen molar-refractivity contribution < 1.29 is 18.8 Å². The molecule has 2 aliphatic rings. The van der Waals surface area contributed by atoms with Crippen molar-refractivity contribution in [2.24, 2.45) is 0 Å². The van der Waals surface area contributed by atoms with Gasteiger partial charge in [0.05, 0.1) is 17.6 Å². The lowest BCUT2D eigenvalue weighted by atomic mass is 9.99. The molecular weight excluding hydrogens is 398 g/mol. The van der Waals surface area contributed by atoms with Gasteiger partial charge in [-0.25, -0.2) is 9.48 Å². The molecule has 0 spiro atoms. The van der Waals surface area contributed by atoms with Crippen molar-refractivity contribution in [2.75, 3.05) is 11.9 Å². The molecule has 4 amide bonds. The first kappa shape index (κ1) is 19.1. The number of para-hydroxylation sites is 1. The molecule has 5 rings (SSSR count). The highest BCUT2D eigenvalue weighted by atomic mass is 16.3. The van der Waals surface area contributed by atoms with Crippen LogP contribution < -0.4 is 10.6 Å². The average molecular weight is 419 g/mol. The maximum Gasteiger partial charge on any atom is 0.325 e. The maximum atomic E-state index is 12.9. The van der Waals surface area contributed by atoms with Gasteiger partial charge in [0, 0.05) is 12.0 Å². The molecule has 3 aromatic rings. The van der Waals surface area contributed by atoms with E-state index in [2.05, 4.69) is 15.7 Å². The maximum absolute atomic E-state index is 12.9. The molecule has 2 fully saturated rings. The van der Waals surface area contributed by atoms with Crippen molar-refractivity contribution >= 4 is 23.7 Å². The SMILES string of the molecule is C[C@]1(c2ccco2)NC(=O)N(CC(=O)Nc2cc(C3CC3)nn2-c2ccccc2)C1=O. The summed E-state index contributed by atoms with van der Waals surface area (Å²) in [4.78, 5) is 39.0. The molecule has 9 nitrogen and oxygen atoms in total. The largest absolute Gasteiger partial charge is 0.466 e. The second kappa shape index (κ2) is 7.12. The zero-order valence-electron chi connectivity index (χ0n) is 16.9. The fourth-order valence-electron chi connectivity index (χ4n) is 3.73. The van der Waals surface area contributed by atoms with Crippen molar-refractivity contribution in [1.29, 1.82) is 0 Å². The normalized spacial score (nSPS) is 20.7. The number of nitrogens with one attached hydrogen (secondary N) is 2. The van der Waals surface area contributed by atoms with Crippen LogP contribution in [0.25, 0.3) is 5.69 Å². The Bertz CT molecular complexity index is 1150. The number of furan rings is 1. The highest BCUT2D eigenvalue weighted by Crippen LogP contribution is 2.40. The molecule has 0 radical (unpaired) electrons. The summed E-state index contributed by atoms with van der Waals surface area (Å²) in [6.07, 6.45) is 3.58. The Kier molecular flexibility index (Phi) is 4.39. The summed E-state index contributed by atoms with van der Waals surface area (Å²) in [5.41, 5.74) is 0.385. The summed E-state index contributed by atoms with van der Waals surface area (Å²) in [5.74, 6) is 0.175. The zero-order chi connectivity index (χ0) is 21.6. The molecule has 1 atom stereocenters. The van der Waals surface area contributed by atoms with E-state index in [1.807, 2.05) is 36.4 Å². The predicted molar refractivity (Wildman–Crippen MR) is 110 cm³/mol. The van der Waals surface area contributed by atoms with Crippen LogP contribution in [0.1, 0.15) is 37.1 Å².